The first-order valence-electron chi connectivity index (χ1n) is 15.7. The van der Waals surface area contributed by atoms with Crippen molar-refractivity contribution in [1.82, 2.24) is 0 Å². The second kappa shape index (κ2) is 10.8. The van der Waals surface area contributed by atoms with Crippen LogP contribution in [-0.4, -0.2) is 0 Å². The third kappa shape index (κ3) is 4.35. The fraction of sp³-hybridized carbons (Fsp3) is 0. The lowest BCUT2D eigenvalue weighted by atomic mass is 9.95. The maximum atomic E-state index is 6.71. The molecule has 0 atom stereocenters. The topological polar surface area (TPSA) is 16.4 Å². The average molecular weight is 588 g/mol. The molecule has 0 bridgehead atoms. The van der Waals surface area contributed by atoms with Crippen molar-refractivity contribution in [3.8, 4) is 22.3 Å². The van der Waals surface area contributed by atoms with Gasteiger partial charge >= 0.3 is 0 Å². The molecule has 2 heteroatoms. The summed E-state index contributed by atoms with van der Waals surface area (Å²) in [5.41, 5.74) is 9.87. The lowest BCUT2D eigenvalue weighted by Gasteiger charge is -2.25. The first kappa shape index (κ1) is 26.3. The molecule has 0 amide bonds. The Hall–Kier alpha value is -6.12. The van der Waals surface area contributed by atoms with Gasteiger partial charge in [-0.2, -0.15) is 0 Å². The van der Waals surface area contributed by atoms with Crippen LogP contribution in [-0.2, 0) is 0 Å². The summed E-state index contributed by atoms with van der Waals surface area (Å²) < 4.78 is 6.71. The van der Waals surface area contributed by atoms with Crippen LogP contribution in [0.25, 0.3) is 65.7 Å². The van der Waals surface area contributed by atoms with E-state index >= 15 is 0 Å². The first-order chi connectivity index (χ1) is 22.8. The number of hydrogen-bond donors (Lipinski definition) is 0. The fourth-order valence-corrected chi connectivity index (χ4v) is 6.87. The highest BCUT2D eigenvalue weighted by Crippen LogP contribution is 2.43. The average Bonchev–Trinajstić information content (AvgIpc) is 3.50. The molecule has 0 N–H and O–H groups in total. The van der Waals surface area contributed by atoms with Gasteiger partial charge in [-0.05, 0) is 80.9 Å². The standard InChI is InChI=1S/C44H29NO/c1-3-12-31(13-4-1)41-29-42-39-27-26-35(28-43(39)46-44(42)40-20-10-9-19-38(40)41)45(33-16-5-2-6-17-33)34-24-22-32(23-25-34)37-21-11-15-30-14-7-8-18-36(30)37/h1-29H. The van der Waals surface area contributed by atoms with E-state index in [1.165, 1.54) is 38.4 Å². The molecule has 1 heterocycles. The van der Waals surface area contributed by atoms with Crippen LogP contribution < -0.4 is 4.90 Å². The molecule has 0 aliphatic heterocycles. The zero-order valence-electron chi connectivity index (χ0n) is 25.1. The Balaban J connectivity index is 1.19. The van der Waals surface area contributed by atoms with E-state index in [0.29, 0.717) is 0 Å². The van der Waals surface area contributed by atoms with E-state index in [0.717, 1.165) is 44.4 Å². The monoisotopic (exact) mass is 587 g/mol. The van der Waals surface area contributed by atoms with E-state index in [9.17, 15) is 0 Å². The highest BCUT2D eigenvalue weighted by atomic mass is 16.3. The Bertz CT molecular complexity index is 2510. The van der Waals surface area contributed by atoms with Gasteiger partial charge in [0.05, 0.1) is 0 Å². The molecule has 8 aromatic carbocycles. The largest absolute Gasteiger partial charge is 0.455 e. The van der Waals surface area contributed by atoms with Crippen molar-refractivity contribution in [3.05, 3.63) is 176 Å². The minimum atomic E-state index is 0.871. The first-order valence-corrected chi connectivity index (χ1v) is 15.7. The Morgan fingerprint density at radius 2 is 0.957 bits per heavy atom. The van der Waals surface area contributed by atoms with E-state index in [2.05, 4.69) is 181 Å². The van der Waals surface area contributed by atoms with Crippen molar-refractivity contribution in [2.24, 2.45) is 0 Å². The van der Waals surface area contributed by atoms with E-state index in [1.54, 1.807) is 0 Å². The molecule has 0 aliphatic rings. The van der Waals surface area contributed by atoms with E-state index in [1.807, 2.05) is 0 Å². The zero-order chi connectivity index (χ0) is 30.5. The van der Waals surface area contributed by atoms with Crippen LogP contribution in [0.2, 0.25) is 0 Å². The van der Waals surface area contributed by atoms with Gasteiger partial charge in [-0.15, -0.1) is 0 Å². The predicted molar refractivity (Wildman–Crippen MR) is 194 cm³/mol. The second-order valence-electron chi connectivity index (χ2n) is 11.7. The van der Waals surface area contributed by atoms with Gasteiger partial charge in [-0.3, -0.25) is 0 Å². The highest BCUT2D eigenvalue weighted by Gasteiger charge is 2.18. The molecular formula is C44H29NO. The molecule has 2 nitrogen and oxygen atoms in total. The van der Waals surface area contributed by atoms with Crippen LogP contribution in [0.15, 0.2) is 180 Å². The maximum Gasteiger partial charge on any atom is 0.143 e. The zero-order valence-corrected chi connectivity index (χ0v) is 25.1. The van der Waals surface area contributed by atoms with Gasteiger partial charge in [0.15, 0.2) is 0 Å². The van der Waals surface area contributed by atoms with Crippen molar-refractivity contribution in [1.29, 1.82) is 0 Å². The molecule has 1 aromatic heterocycles. The van der Waals surface area contributed by atoms with Gasteiger partial charge in [0.1, 0.15) is 11.2 Å². The lowest BCUT2D eigenvalue weighted by Crippen LogP contribution is -2.09. The van der Waals surface area contributed by atoms with Crippen molar-refractivity contribution in [3.63, 3.8) is 0 Å². The number of hydrogen-bond acceptors (Lipinski definition) is 2. The van der Waals surface area contributed by atoms with Gasteiger partial charge in [0.25, 0.3) is 0 Å². The number of anilines is 3. The van der Waals surface area contributed by atoms with Crippen molar-refractivity contribution < 1.29 is 4.42 Å². The SMILES string of the molecule is c1ccc(-c2cc3c4ccc(N(c5ccccc5)c5ccc(-c6cccc7ccccc67)cc5)cc4oc3c3ccccc23)cc1. The number of rotatable bonds is 5. The van der Waals surface area contributed by atoms with Crippen LogP contribution in [0.4, 0.5) is 17.1 Å². The summed E-state index contributed by atoms with van der Waals surface area (Å²) in [5, 5.41) is 7.07. The Kier molecular flexibility index (Phi) is 6.17. The van der Waals surface area contributed by atoms with E-state index in [-0.39, 0.29) is 0 Å². The van der Waals surface area contributed by atoms with E-state index in [4.69, 9.17) is 4.42 Å². The number of fused-ring (bicyclic) bond motifs is 6. The molecule has 0 spiro atoms. The molecule has 0 aliphatic carbocycles. The molecule has 9 aromatic rings. The van der Waals surface area contributed by atoms with Crippen molar-refractivity contribution in [2.75, 3.05) is 4.90 Å². The molecule has 0 fully saturated rings. The van der Waals surface area contributed by atoms with Gasteiger partial charge in [0, 0.05) is 39.3 Å². The molecule has 0 unspecified atom stereocenters. The van der Waals surface area contributed by atoms with Gasteiger partial charge in [-0.1, -0.05) is 127 Å². The fourth-order valence-electron chi connectivity index (χ4n) is 6.87. The van der Waals surface area contributed by atoms with Crippen LogP contribution in [0, 0.1) is 0 Å². The molecule has 46 heavy (non-hydrogen) atoms. The Morgan fingerprint density at radius 3 is 1.76 bits per heavy atom. The summed E-state index contributed by atoms with van der Waals surface area (Å²) in [6.45, 7) is 0. The molecule has 0 saturated heterocycles. The normalized spacial score (nSPS) is 11.5. The predicted octanol–water partition coefficient (Wildman–Crippen LogP) is 12.7. The minimum Gasteiger partial charge on any atom is -0.455 e. The second-order valence-corrected chi connectivity index (χ2v) is 11.7. The Morgan fingerprint density at radius 1 is 0.348 bits per heavy atom. The summed E-state index contributed by atoms with van der Waals surface area (Å²) in [5.74, 6) is 0. The number of nitrogens with zero attached hydrogens (tertiary/aromatic N) is 1. The summed E-state index contributed by atoms with van der Waals surface area (Å²) in [7, 11) is 0. The number of para-hydroxylation sites is 1. The smallest absolute Gasteiger partial charge is 0.143 e. The van der Waals surface area contributed by atoms with Gasteiger partial charge < -0.3 is 9.32 Å². The molecule has 0 radical (unpaired) electrons. The molecule has 216 valence electrons. The summed E-state index contributed by atoms with van der Waals surface area (Å²) >= 11 is 0. The molecule has 9 rings (SSSR count). The third-order valence-corrected chi connectivity index (χ3v) is 9.05. The maximum absolute atomic E-state index is 6.71. The number of furan rings is 1. The summed E-state index contributed by atoms with van der Waals surface area (Å²) in [6, 6.07) is 62.6. The van der Waals surface area contributed by atoms with Crippen molar-refractivity contribution in [2.45, 2.75) is 0 Å². The third-order valence-electron chi connectivity index (χ3n) is 9.05. The highest BCUT2D eigenvalue weighted by molar-refractivity contribution is 6.19. The quantitative estimate of drug-likeness (QED) is 0.199. The van der Waals surface area contributed by atoms with Crippen LogP contribution in [0.5, 0.6) is 0 Å². The molecule has 0 saturated carbocycles. The van der Waals surface area contributed by atoms with Crippen molar-refractivity contribution >= 4 is 60.5 Å². The minimum absolute atomic E-state index is 0.871. The summed E-state index contributed by atoms with van der Waals surface area (Å²) in [6.07, 6.45) is 0. The van der Waals surface area contributed by atoms with Gasteiger partial charge in [0.2, 0.25) is 0 Å². The van der Waals surface area contributed by atoms with Crippen LogP contribution >= 0.6 is 0 Å². The molecular weight excluding hydrogens is 558 g/mol. The lowest BCUT2D eigenvalue weighted by molar-refractivity contribution is 0.673. The Labute approximate surface area is 267 Å². The number of benzene rings is 8. The van der Waals surface area contributed by atoms with Gasteiger partial charge in [-0.25, -0.2) is 0 Å². The summed E-state index contributed by atoms with van der Waals surface area (Å²) in [4.78, 5) is 2.30. The van der Waals surface area contributed by atoms with E-state index < -0.39 is 0 Å². The van der Waals surface area contributed by atoms with Crippen LogP contribution in [0.1, 0.15) is 0 Å². The van der Waals surface area contributed by atoms with Crippen LogP contribution in [0.3, 0.4) is 0 Å².